The van der Waals surface area contributed by atoms with Gasteiger partial charge in [0.1, 0.15) is 5.78 Å². The van der Waals surface area contributed by atoms with Gasteiger partial charge >= 0.3 is 0 Å². The highest BCUT2D eigenvalue weighted by Gasteiger charge is 2.09. The molecular weight excluding hydrogens is 606 g/mol. The van der Waals surface area contributed by atoms with E-state index >= 15 is 0 Å². The molecule has 46 heavy (non-hydrogen) atoms. The normalized spacial score (nSPS) is 13.3. The molecule has 0 fully saturated rings. The Labute approximate surface area is 276 Å². The summed E-state index contributed by atoms with van der Waals surface area (Å²) >= 11 is 0. The van der Waals surface area contributed by atoms with Gasteiger partial charge in [-0.3, -0.25) is 9.69 Å². The number of hydrogen-bond acceptors (Lipinski definition) is 14. The molecule has 0 saturated carbocycles. The van der Waals surface area contributed by atoms with Crippen molar-refractivity contribution >= 4 is 5.78 Å². The minimum atomic E-state index is 0.244. The predicted octanol–water partition coefficient (Wildman–Crippen LogP) is 1.04. The van der Waals surface area contributed by atoms with Crippen LogP contribution in [0.25, 0.3) is 0 Å². The molecule has 0 aliphatic carbocycles. The van der Waals surface area contributed by atoms with Crippen LogP contribution in [0.5, 0.6) is 0 Å². The summed E-state index contributed by atoms with van der Waals surface area (Å²) in [5, 5.41) is 0. The van der Waals surface area contributed by atoms with Crippen molar-refractivity contribution in [2.45, 2.75) is 12.8 Å². The van der Waals surface area contributed by atoms with Crippen molar-refractivity contribution in [2.24, 2.45) is 0 Å². The molecule has 0 aromatic heterocycles. The van der Waals surface area contributed by atoms with E-state index in [9.17, 15) is 4.79 Å². The molecule has 0 spiro atoms. The molecule has 0 atom stereocenters. The number of ketones is 1. The Balaban J connectivity index is 1.61. The molecule has 0 aromatic rings. The van der Waals surface area contributed by atoms with Gasteiger partial charge in [0, 0.05) is 39.6 Å². The van der Waals surface area contributed by atoms with E-state index in [1.165, 1.54) is 0 Å². The molecule has 1 rings (SSSR count). The SMILES string of the molecule is COCCOCCOCCOCCOCCOCCOCCOCCOCCOCCOCCOCCC(=O)CCN1CC=CC1. The number of nitrogens with zero attached hydrogens (tertiary/aromatic N) is 1. The summed E-state index contributed by atoms with van der Waals surface area (Å²) in [7, 11) is 1.64. The zero-order chi connectivity index (χ0) is 32.9. The molecule has 0 saturated heterocycles. The van der Waals surface area contributed by atoms with Crippen molar-refractivity contribution in [3.05, 3.63) is 12.2 Å². The third-order valence-electron chi connectivity index (χ3n) is 6.28. The van der Waals surface area contributed by atoms with Crippen LogP contribution in [0.15, 0.2) is 12.2 Å². The van der Waals surface area contributed by atoms with Crippen molar-refractivity contribution in [2.75, 3.05) is 179 Å². The van der Waals surface area contributed by atoms with E-state index in [1.807, 2.05) is 0 Å². The summed E-state index contributed by atoms with van der Waals surface area (Å²) in [4.78, 5) is 14.1. The van der Waals surface area contributed by atoms with Crippen molar-refractivity contribution in [3.63, 3.8) is 0 Å². The molecule has 1 aliphatic heterocycles. The highest BCUT2D eigenvalue weighted by molar-refractivity contribution is 5.78. The third kappa shape index (κ3) is 32.8. The zero-order valence-electron chi connectivity index (χ0n) is 28.2. The average molecular weight is 668 g/mol. The van der Waals surface area contributed by atoms with Gasteiger partial charge in [0.15, 0.2) is 0 Å². The Kier molecular flexibility index (Phi) is 34.3. The smallest absolute Gasteiger partial charge is 0.136 e. The van der Waals surface area contributed by atoms with Gasteiger partial charge in [0.25, 0.3) is 0 Å². The molecule has 0 N–H and O–H groups in total. The van der Waals surface area contributed by atoms with Gasteiger partial charge in [-0.05, 0) is 0 Å². The van der Waals surface area contributed by atoms with Crippen molar-refractivity contribution < 1.29 is 61.6 Å². The minimum absolute atomic E-state index is 0.244. The topological polar surface area (TPSA) is 131 Å². The van der Waals surface area contributed by atoms with Crippen LogP contribution < -0.4 is 0 Å². The maximum absolute atomic E-state index is 11.9. The molecule has 0 unspecified atom stereocenters. The molecule has 1 heterocycles. The Morgan fingerprint density at radius 3 is 0.957 bits per heavy atom. The highest BCUT2D eigenvalue weighted by Crippen LogP contribution is 2.01. The minimum Gasteiger partial charge on any atom is -0.382 e. The lowest BCUT2D eigenvalue weighted by Crippen LogP contribution is -2.23. The number of ether oxygens (including phenoxy) is 12. The van der Waals surface area contributed by atoms with E-state index < -0.39 is 0 Å². The van der Waals surface area contributed by atoms with Crippen molar-refractivity contribution in [1.29, 1.82) is 0 Å². The van der Waals surface area contributed by atoms with Gasteiger partial charge in [-0.25, -0.2) is 0 Å². The fraction of sp³-hybridized carbons (Fsp3) is 0.906. The van der Waals surface area contributed by atoms with E-state index in [0.717, 1.165) is 19.6 Å². The van der Waals surface area contributed by atoms with Crippen LogP contribution >= 0.6 is 0 Å². The van der Waals surface area contributed by atoms with Crippen molar-refractivity contribution in [3.8, 4) is 0 Å². The van der Waals surface area contributed by atoms with E-state index in [0.29, 0.717) is 165 Å². The second-order valence-corrected chi connectivity index (χ2v) is 10.00. The lowest BCUT2D eigenvalue weighted by molar-refractivity contribution is -0.120. The van der Waals surface area contributed by atoms with Gasteiger partial charge in [0.05, 0.1) is 152 Å². The molecule has 1 aliphatic rings. The molecule has 0 bridgehead atoms. The summed E-state index contributed by atoms with van der Waals surface area (Å²) in [5.74, 6) is 0.244. The lowest BCUT2D eigenvalue weighted by Gasteiger charge is -2.13. The first kappa shape index (κ1) is 42.9. The Morgan fingerprint density at radius 1 is 0.413 bits per heavy atom. The summed E-state index contributed by atoms with van der Waals surface area (Å²) in [5.41, 5.74) is 0. The summed E-state index contributed by atoms with van der Waals surface area (Å²) in [6, 6.07) is 0. The number of carbonyl (C=O) groups is 1. The van der Waals surface area contributed by atoms with Crippen LogP contribution in [0.2, 0.25) is 0 Å². The average Bonchev–Trinajstić information content (AvgIpc) is 3.59. The molecule has 0 amide bonds. The Bertz CT molecular complexity index is 652. The molecule has 14 nitrogen and oxygen atoms in total. The van der Waals surface area contributed by atoms with Gasteiger partial charge < -0.3 is 56.8 Å². The fourth-order valence-corrected chi connectivity index (χ4v) is 3.74. The van der Waals surface area contributed by atoms with E-state index in [-0.39, 0.29) is 5.78 Å². The highest BCUT2D eigenvalue weighted by atomic mass is 16.6. The lowest BCUT2D eigenvalue weighted by atomic mass is 10.2. The van der Waals surface area contributed by atoms with Crippen molar-refractivity contribution in [1.82, 2.24) is 4.90 Å². The first-order valence-electron chi connectivity index (χ1n) is 16.6. The molecule has 272 valence electrons. The maximum Gasteiger partial charge on any atom is 0.136 e. The van der Waals surface area contributed by atoms with Gasteiger partial charge in [-0.2, -0.15) is 0 Å². The third-order valence-corrected chi connectivity index (χ3v) is 6.28. The van der Waals surface area contributed by atoms with Crippen LogP contribution in [0, 0.1) is 0 Å². The van der Waals surface area contributed by atoms with E-state index in [2.05, 4.69) is 17.1 Å². The molecule has 14 heteroatoms. The summed E-state index contributed by atoms with van der Waals surface area (Å²) in [6.45, 7) is 14.5. The number of carbonyl (C=O) groups excluding carboxylic acids is 1. The number of Topliss-reactive ketones (excluding diaryl/α,β-unsaturated/α-hetero) is 1. The second kappa shape index (κ2) is 36.7. The fourth-order valence-electron chi connectivity index (χ4n) is 3.74. The molecule has 0 aromatic carbocycles. The van der Waals surface area contributed by atoms with Gasteiger partial charge in [-0.15, -0.1) is 0 Å². The second-order valence-electron chi connectivity index (χ2n) is 10.00. The van der Waals surface area contributed by atoms with Crippen LogP contribution in [-0.2, 0) is 61.6 Å². The van der Waals surface area contributed by atoms with E-state index in [4.69, 9.17) is 56.8 Å². The first-order valence-corrected chi connectivity index (χ1v) is 16.6. The number of methoxy groups -OCH3 is 1. The maximum atomic E-state index is 11.9. The van der Waals surface area contributed by atoms with Gasteiger partial charge in [-0.1, -0.05) is 12.2 Å². The Morgan fingerprint density at radius 2 is 0.674 bits per heavy atom. The predicted molar refractivity (Wildman–Crippen MR) is 171 cm³/mol. The van der Waals surface area contributed by atoms with E-state index in [1.54, 1.807) is 7.11 Å². The van der Waals surface area contributed by atoms with Gasteiger partial charge in [0.2, 0.25) is 0 Å². The molecule has 0 radical (unpaired) electrons. The number of rotatable bonds is 39. The Hall–Kier alpha value is -1.11. The van der Waals surface area contributed by atoms with Crippen LogP contribution in [0.1, 0.15) is 12.8 Å². The monoisotopic (exact) mass is 667 g/mol. The largest absolute Gasteiger partial charge is 0.382 e. The van der Waals surface area contributed by atoms with Crippen LogP contribution in [0.3, 0.4) is 0 Å². The standard InChI is InChI=1S/C32H61NO13/c1-35-10-11-37-14-15-39-18-19-41-22-23-43-26-27-45-30-31-46-29-28-44-25-24-42-21-20-40-17-16-38-13-12-36-9-5-32(34)4-8-33-6-2-3-7-33/h2-3H,4-31H2,1H3. The van der Waals surface area contributed by atoms with Crippen LogP contribution in [-0.4, -0.2) is 189 Å². The summed E-state index contributed by atoms with van der Waals surface area (Å²) in [6.07, 6.45) is 5.31. The zero-order valence-corrected chi connectivity index (χ0v) is 28.2. The quantitative estimate of drug-likeness (QED) is 0.0683. The summed E-state index contributed by atoms with van der Waals surface area (Å²) < 4.78 is 64.8. The number of hydrogen-bond donors (Lipinski definition) is 0. The van der Waals surface area contributed by atoms with Crippen LogP contribution in [0.4, 0.5) is 0 Å². The molecular formula is C32H61NO13. The first-order chi connectivity index (χ1) is 22.8.